The fraction of sp³-hybridized carbons (Fsp3) is 0.118. The number of nitro benzene ring substituents is 1. The lowest BCUT2D eigenvalue weighted by Crippen LogP contribution is -2.20. The monoisotopic (exact) mass is 470 g/mol. The number of halogens is 2. The molecule has 1 heterocycles. The van der Waals surface area contributed by atoms with Gasteiger partial charge in [-0.3, -0.25) is 20.2 Å². The molecule has 0 fully saturated rings. The highest BCUT2D eigenvalue weighted by molar-refractivity contribution is 8.00. The number of carbonyl (C=O) groups excluding carboxylic acids is 1. The van der Waals surface area contributed by atoms with E-state index in [0.717, 1.165) is 5.56 Å². The van der Waals surface area contributed by atoms with Gasteiger partial charge in [-0.15, -0.1) is 10.2 Å². The molecule has 0 radical (unpaired) electrons. The molecule has 0 aliphatic rings. The SMILES string of the molecule is O=C(COc1ccccc1[N+](=O)[O-])Nc1nnc(SCc2c(Cl)cccc2Cl)s1. The van der Waals surface area contributed by atoms with Crippen molar-refractivity contribution in [3.63, 3.8) is 0 Å². The van der Waals surface area contributed by atoms with Crippen molar-refractivity contribution < 1.29 is 14.5 Å². The van der Waals surface area contributed by atoms with Crippen LogP contribution in [0.2, 0.25) is 10.0 Å². The number of benzene rings is 2. The number of hydrogen-bond acceptors (Lipinski definition) is 8. The highest BCUT2D eigenvalue weighted by Gasteiger charge is 2.16. The summed E-state index contributed by atoms with van der Waals surface area (Å²) in [7, 11) is 0. The first-order chi connectivity index (χ1) is 13.9. The molecular formula is C17H12Cl2N4O4S2. The maximum atomic E-state index is 12.0. The van der Waals surface area contributed by atoms with Crippen molar-refractivity contribution in [1.82, 2.24) is 10.2 Å². The molecule has 0 unspecified atom stereocenters. The van der Waals surface area contributed by atoms with E-state index in [1.165, 1.54) is 41.3 Å². The van der Waals surface area contributed by atoms with Gasteiger partial charge in [-0.2, -0.15) is 0 Å². The van der Waals surface area contributed by atoms with Gasteiger partial charge in [0.25, 0.3) is 5.91 Å². The number of hydrogen-bond donors (Lipinski definition) is 1. The van der Waals surface area contributed by atoms with Crippen LogP contribution in [0.25, 0.3) is 0 Å². The van der Waals surface area contributed by atoms with E-state index in [2.05, 4.69) is 15.5 Å². The zero-order chi connectivity index (χ0) is 20.8. The van der Waals surface area contributed by atoms with Crippen molar-refractivity contribution in [2.24, 2.45) is 0 Å². The predicted molar refractivity (Wildman–Crippen MR) is 113 cm³/mol. The first-order valence-electron chi connectivity index (χ1n) is 7.99. The molecule has 12 heteroatoms. The lowest BCUT2D eigenvalue weighted by atomic mass is 10.2. The van der Waals surface area contributed by atoms with Crippen molar-refractivity contribution >= 4 is 63.0 Å². The van der Waals surface area contributed by atoms with Crippen molar-refractivity contribution in [3.05, 3.63) is 68.2 Å². The topological polar surface area (TPSA) is 107 Å². The number of rotatable bonds is 8. The first kappa shape index (κ1) is 21.3. The van der Waals surface area contributed by atoms with Gasteiger partial charge in [0.05, 0.1) is 4.92 Å². The molecule has 2 aromatic carbocycles. The molecule has 8 nitrogen and oxygen atoms in total. The maximum absolute atomic E-state index is 12.0. The number of ether oxygens (including phenoxy) is 1. The number of anilines is 1. The van der Waals surface area contributed by atoms with Gasteiger partial charge in [-0.05, 0) is 23.8 Å². The van der Waals surface area contributed by atoms with Crippen LogP contribution in [0.3, 0.4) is 0 Å². The van der Waals surface area contributed by atoms with E-state index >= 15 is 0 Å². The summed E-state index contributed by atoms with van der Waals surface area (Å²) < 4.78 is 5.86. The van der Waals surface area contributed by atoms with Gasteiger partial charge in [0.1, 0.15) is 0 Å². The number of nitrogens with one attached hydrogen (secondary N) is 1. The van der Waals surface area contributed by atoms with Gasteiger partial charge in [-0.25, -0.2) is 0 Å². The van der Waals surface area contributed by atoms with E-state index in [0.29, 0.717) is 20.1 Å². The smallest absolute Gasteiger partial charge is 0.310 e. The molecule has 0 aliphatic carbocycles. The summed E-state index contributed by atoms with van der Waals surface area (Å²) in [4.78, 5) is 22.4. The third-order valence-electron chi connectivity index (χ3n) is 3.48. The molecule has 29 heavy (non-hydrogen) atoms. The zero-order valence-electron chi connectivity index (χ0n) is 14.5. The summed E-state index contributed by atoms with van der Waals surface area (Å²) in [6.07, 6.45) is 0. The Hall–Kier alpha value is -2.40. The summed E-state index contributed by atoms with van der Waals surface area (Å²) >= 11 is 14.8. The minimum Gasteiger partial charge on any atom is -0.477 e. The molecular weight excluding hydrogens is 459 g/mol. The summed E-state index contributed by atoms with van der Waals surface area (Å²) in [6, 6.07) is 11.1. The summed E-state index contributed by atoms with van der Waals surface area (Å²) in [5.41, 5.74) is 0.576. The molecule has 3 rings (SSSR count). The molecule has 1 aromatic heterocycles. The largest absolute Gasteiger partial charge is 0.477 e. The Morgan fingerprint density at radius 1 is 1.17 bits per heavy atom. The second-order valence-corrected chi connectivity index (χ2v) is 8.44. The molecule has 0 saturated heterocycles. The maximum Gasteiger partial charge on any atom is 0.310 e. The standard InChI is InChI=1S/C17H12Cl2N4O4S2/c18-11-4-3-5-12(19)10(11)9-28-17-22-21-16(29-17)20-15(24)8-27-14-7-2-1-6-13(14)23(25)26/h1-7H,8-9H2,(H,20,21,24). The number of para-hydroxylation sites is 2. The normalized spacial score (nSPS) is 10.6. The van der Waals surface area contributed by atoms with E-state index < -0.39 is 17.4 Å². The van der Waals surface area contributed by atoms with Crippen LogP contribution < -0.4 is 10.1 Å². The Labute approximate surface area is 183 Å². The van der Waals surface area contributed by atoms with Crippen LogP contribution in [0.5, 0.6) is 5.75 Å². The quantitative estimate of drug-likeness (QED) is 0.212. The Morgan fingerprint density at radius 3 is 2.62 bits per heavy atom. The molecule has 1 N–H and O–H groups in total. The summed E-state index contributed by atoms with van der Waals surface area (Å²) in [5.74, 6) is 0.00443. The fourth-order valence-corrected chi connectivity index (χ4v) is 4.66. The van der Waals surface area contributed by atoms with Crippen LogP contribution in [0.4, 0.5) is 10.8 Å². The molecule has 3 aromatic rings. The van der Waals surface area contributed by atoms with Gasteiger partial charge < -0.3 is 4.74 Å². The van der Waals surface area contributed by atoms with Gasteiger partial charge in [0.15, 0.2) is 16.7 Å². The van der Waals surface area contributed by atoms with Crippen molar-refractivity contribution in [2.75, 3.05) is 11.9 Å². The zero-order valence-corrected chi connectivity index (χ0v) is 17.6. The van der Waals surface area contributed by atoms with Crippen LogP contribution in [0.15, 0.2) is 46.8 Å². The summed E-state index contributed by atoms with van der Waals surface area (Å²) in [5, 5.41) is 22.8. The summed E-state index contributed by atoms with van der Waals surface area (Å²) in [6.45, 7) is -0.401. The molecule has 0 bridgehead atoms. The third kappa shape index (κ3) is 5.80. The van der Waals surface area contributed by atoms with Crippen LogP contribution in [-0.4, -0.2) is 27.6 Å². The number of aromatic nitrogens is 2. The minimum absolute atomic E-state index is 0.0118. The van der Waals surface area contributed by atoms with Crippen molar-refractivity contribution in [2.45, 2.75) is 10.1 Å². The number of nitro groups is 1. The number of amides is 1. The van der Waals surface area contributed by atoms with Crippen LogP contribution >= 0.6 is 46.3 Å². The van der Waals surface area contributed by atoms with E-state index in [-0.39, 0.29) is 16.6 Å². The second-order valence-electron chi connectivity index (χ2n) is 5.42. The molecule has 1 amide bonds. The number of nitrogens with zero attached hydrogens (tertiary/aromatic N) is 3. The van der Waals surface area contributed by atoms with Gasteiger partial charge in [-0.1, -0.05) is 64.5 Å². The minimum atomic E-state index is -0.577. The number of thioether (sulfide) groups is 1. The average Bonchev–Trinajstić information content (AvgIpc) is 3.13. The van der Waals surface area contributed by atoms with Crippen LogP contribution in [0.1, 0.15) is 5.56 Å². The van der Waals surface area contributed by atoms with E-state index in [1.807, 2.05) is 0 Å². The predicted octanol–water partition coefficient (Wildman–Crippen LogP) is 5.06. The van der Waals surface area contributed by atoms with E-state index in [9.17, 15) is 14.9 Å². The van der Waals surface area contributed by atoms with Crippen LogP contribution in [-0.2, 0) is 10.5 Å². The molecule has 0 spiro atoms. The molecule has 150 valence electrons. The lowest BCUT2D eigenvalue weighted by Gasteiger charge is -2.05. The Morgan fingerprint density at radius 2 is 1.90 bits per heavy atom. The third-order valence-corrected chi connectivity index (χ3v) is 6.18. The molecule has 0 atom stereocenters. The Kier molecular flexibility index (Phi) is 7.26. The number of carbonyl (C=O) groups is 1. The van der Waals surface area contributed by atoms with Crippen molar-refractivity contribution in [1.29, 1.82) is 0 Å². The van der Waals surface area contributed by atoms with E-state index in [1.54, 1.807) is 24.3 Å². The molecule has 0 aliphatic heterocycles. The highest BCUT2D eigenvalue weighted by Crippen LogP contribution is 2.33. The fourth-order valence-electron chi connectivity index (χ4n) is 2.15. The van der Waals surface area contributed by atoms with Gasteiger partial charge in [0.2, 0.25) is 5.13 Å². The highest BCUT2D eigenvalue weighted by atomic mass is 35.5. The van der Waals surface area contributed by atoms with Crippen LogP contribution in [0, 0.1) is 10.1 Å². The lowest BCUT2D eigenvalue weighted by molar-refractivity contribution is -0.385. The van der Waals surface area contributed by atoms with Gasteiger partial charge >= 0.3 is 5.69 Å². The molecule has 0 saturated carbocycles. The average molecular weight is 471 g/mol. The Balaban J connectivity index is 1.53. The first-order valence-corrected chi connectivity index (χ1v) is 10.5. The van der Waals surface area contributed by atoms with E-state index in [4.69, 9.17) is 27.9 Å². The van der Waals surface area contributed by atoms with Gasteiger partial charge in [0, 0.05) is 21.9 Å². The second kappa shape index (κ2) is 9.88. The Bertz CT molecular complexity index is 1030. The van der Waals surface area contributed by atoms with Crippen molar-refractivity contribution in [3.8, 4) is 5.75 Å².